The van der Waals surface area contributed by atoms with Gasteiger partial charge in [-0.1, -0.05) is 18.0 Å². The average Bonchev–Trinajstić information content (AvgIpc) is 2.71. The number of pyridine rings is 1. The molecule has 11 heteroatoms. The third-order valence-corrected chi connectivity index (χ3v) is 5.01. The fourth-order valence-electron chi connectivity index (χ4n) is 3.37. The Morgan fingerprint density at radius 3 is 2.38 bits per heavy atom. The summed E-state index contributed by atoms with van der Waals surface area (Å²) in [4.78, 5) is 55.6. The monoisotopic (exact) mass is 467 g/mol. The van der Waals surface area contributed by atoms with Crippen LogP contribution in [0.4, 0.5) is 10.6 Å². The lowest BCUT2D eigenvalue weighted by Crippen LogP contribution is -2.57. The predicted molar refractivity (Wildman–Crippen MR) is 119 cm³/mol. The van der Waals surface area contributed by atoms with E-state index in [1.54, 1.807) is 34.9 Å². The summed E-state index contributed by atoms with van der Waals surface area (Å²) in [7, 11) is 3.35. The number of hydrogen-bond donors (Lipinski definition) is 2. The quantitative estimate of drug-likeness (QED) is 0.520. The molecule has 4 amide bonds. The van der Waals surface area contributed by atoms with Gasteiger partial charge in [0.1, 0.15) is 11.4 Å². The van der Waals surface area contributed by atoms with Crippen LogP contribution < -0.4 is 10.7 Å². The van der Waals surface area contributed by atoms with Gasteiger partial charge in [-0.2, -0.15) is 0 Å². The van der Waals surface area contributed by atoms with Crippen LogP contribution in [0, 0.1) is 5.92 Å². The summed E-state index contributed by atoms with van der Waals surface area (Å²) in [6.07, 6.45) is 2.79. The third kappa shape index (κ3) is 7.37. The van der Waals surface area contributed by atoms with Crippen LogP contribution in [-0.4, -0.2) is 64.4 Å². The molecule has 0 radical (unpaired) electrons. The van der Waals surface area contributed by atoms with Crippen molar-refractivity contribution in [3.8, 4) is 0 Å². The van der Waals surface area contributed by atoms with E-state index in [-0.39, 0.29) is 17.6 Å². The normalized spacial score (nSPS) is 18.3. The molecule has 0 bridgehead atoms. The molecule has 1 heterocycles. The number of carbonyl (C=O) groups is 4. The Bertz CT molecular complexity index is 853. The Kier molecular flexibility index (Phi) is 8.43. The molecule has 32 heavy (non-hydrogen) atoms. The highest BCUT2D eigenvalue weighted by atomic mass is 35.5. The zero-order chi connectivity index (χ0) is 24.1. The molecule has 2 rings (SSSR count). The lowest BCUT2D eigenvalue weighted by molar-refractivity contribution is -0.141. The first-order valence-electron chi connectivity index (χ1n) is 10.3. The molecule has 1 aliphatic carbocycles. The zero-order valence-electron chi connectivity index (χ0n) is 19.0. The van der Waals surface area contributed by atoms with Crippen LogP contribution in [-0.2, 0) is 19.1 Å². The molecule has 10 nitrogen and oxygen atoms in total. The van der Waals surface area contributed by atoms with Gasteiger partial charge in [0.25, 0.3) is 0 Å². The zero-order valence-corrected chi connectivity index (χ0v) is 19.7. The summed E-state index contributed by atoms with van der Waals surface area (Å²) >= 11 is 5.77. The summed E-state index contributed by atoms with van der Waals surface area (Å²) in [5.41, 5.74) is 1.54. The molecule has 1 aliphatic rings. The van der Waals surface area contributed by atoms with E-state index in [9.17, 15) is 19.2 Å². The van der Waals surface area contributed by atoms with Gasteiger partial charge in [0.2, 0.25) is 5.91 Å². The minimum absolute atomic E-state index is 0.0447. The molecule has 0 saturated heterocycles. The van der Waals surface area contributed by atoms with Crippen molar-refractivity contribution >= 4 is 41.2 Å². The Balaban J connectivity index is 2.16. The van der Waals surface area contributed by atoms with E-state index in [4.69, 9.17) is 16.3 Å². The second-order valence-electron chi connectivity index (χ2n) is 8.86. The van der Waals surface area contributed by atoms with E-state index < -0.39 is 29.6 Å². The molecule has 1 fully saturated rings. The molecule has 2 N–H and O–H groups in total. The lowest BCUT2D eigenvalue weighted by atomic mass is 9.84. The first-order chi connectivity index (χ1) is 14.9. The topological polar surface area (TPSA) is 121 Å². The Hall–Kier alpha value is -2.88. The number of hydrogen-bond acceptors (Lipinski definition) is 6. The van der Waals surface area contributed by atoms with Crippen molar-refractivity contribution in [1.29, 1.82) is 0 Å². The van der Waals surface area contributed by atoms with Gasteiger partial charge >= 0.3 is 17.9 Å². The molecular weight excluding hydrogens is 438 g/mol. The van der Waals surface area contributed by atoms with Gasteiger partial charge < -0.3 is 15.0 Å². The van der Waals surface area contributed by atoms with Gasteiger partial charge in [-0.05, 0) is 52.2 Å². The van der Waals surface area contributed by atoms with Crippen LogP contribution in [0.15, 0.2) is 18.3 Å². The van der Waals surface area contributed by atoms with E-state index in [1.165, 1.54) is 23.2 Å². The molecule has 0 aliphatic heterocycles. The van der Waals surface area contributed by atoms with Crippen molar-refractivity contribution < 1.29 is 23.9 Å². The molecule has 0 spiro atoms. The maximum Gasteiger partial charge on any atom is 0.429 e. The van der Waals surface area contributed by atoms with Crippen LogP contribution in [0.25, 0.3) is 0 Å². The molecular formula is C21H30ClN5O5. The number of rotatable bonds is 3. The van der Waals surface area contributed by atoms with Crippen molar-refractivity contribution in [3.63, 3.8) is 0 Å². The molecule has 2 atom stereocenters. The number of halogens is 1. The molecule has 1 unspecified atom stereocenters. The van der Waals surface area contributed by atoms with Crippen LogP contribution >= 0.6 is 11.6 Å². The van der Waals surface area contributed by atoms with Crippen LogP contribution in [0.5, 0.6) is 0 Å². The van der Waals surface area contributed by atoms with Gasteiger partial charge in [-0.25, -0.2) is 14.8 Å². The maximum atomic E-state index is 12.9. The van der Waals surface area contributed by atoms with E-state index in [0.717, 1.165) is 5.01 Å². The van der Waals surface area contributed by atoms with Gasteiger partial charge in [-0.15, -0.1) is 0 Å². The van der Waals surface area contributed by atoms with Crippen molar-refractivity contribution in [3.05, 3.63) is 23.4 Å². The highest BCUT2D eigenvalue weighted by Crippen LogP contribution is 2.29. The number of nitrogens with zero attached hydrogens (tertiary/aromatic N) is 3. The molecule has 1 aromatic rings. The largest absolute Gasteiger partial charge is 0.442 e. The number of aromatic nitrogens is 1. The summed E-state index contributed by atoms with van der Waals surface area (Å²) in [5, 5.41) is 3.75. The molecule has 0 aromatic carbocycles. The second kappa shape index (κ2) is 10.6. The first kappa shape index (κ1) is 25.4. The van der Waals surface area contributed by atoms with Crippen molar-refractivity contribution in [2.75, 3.05) is 19.4 Å². The fourth-order valence-corrected chi connectivity index (χ4v) is 3.48. The van der Waals surface area contributed by atoms with Crippen LogP contribution in [0.2, 0.25) is 5.02 Å². The Morgan fingerprint density at radius 2 is 1.81 bits per heavy atom. The van der Waals surface area contributed by atoms with Crippen molar-refractivity contribution in [1.82, 2.24) is 20.3 Å². The number of amides is 4. The van der Waals surface area contributed by atoms with Gasteiger partial charge in [0.15, 0.2) is 0 Å². The number of hydrazine groups is 1. The maximum absolute atomic E-state index is 12.9. The minimum atomic E-state index is -1.06. The predicted octanol–water partition coefficient (Wildman–Crippen LogP) is 2.59. The number of nitrogens with one attached hydrogen (secondary N) is 2. The van der Waals surface area contributed by atoms with Crippen LogP contribution in [0.3, 0.4) is 0 Å². The van der Waals surface area contributed by atoms with E-state index in [1.807, 2.05) is 0 Å². The SMILES string of the molecule is CN(C)C(=O)[C@H]1CCCC(N(NC(=O)C(=O)Nc2ccc(Cl)cn2)C(=O)OC(C)(C)C)C1. The van der Waals surface area contributed by atoms with E-state index >= 15 is 0 Å². The fraction of sp³-hybridized carbons (Fsp3) is 0.571. The molecule has 1 aromatic heterocycles. The molecule has 1 saturated carbocycles. The van der Waals surface area contributed by atoms with Gasteiger partial charge in [0, 0.05) is 26.2 Å². The Labute approximate surface area is 192 Å². The van der Waals surface area contributed by atoms with Crippen molar-refractivity contribution in [2.24, 2.45) is 5.92 Å². The van der Waals surface area contributed by atoms with Gasteiger partial charge in [-0.3, -0.25) is 19.8 Å². The van der Waals surface area contributed by atoms with Gasteiger partial charge in [0.05, 0.1) is 11.1 Å². The highest BCUT2D eigenvalue weighted by molar-refractivity contribution is 6.39. The average molecular weight is 468 g/mol. The van der Waals surface area contributed by atoms with Crippen LogP contribution in [0.1, 0.15) is 46.5 Å². The lowest BCUT2D eigenvalue weighted by Gasteiger charge is -2.37. The number of carbonyl (C=O) groups excluding carboxylic acids is 4. The second-order valence-corrected chi connectivity index (χ2v) is 9.29. The molecule has 176 valence electrons. The summed E-state index contributed by atoms with van der Waals surface area (Å²) < 4.78 is 5.43. The highest BCUT2D eigenvalue weighted by Gasteiger charge is 2.37. The summed E-state index contributed by atoms with van der Waals surface area (Å²) in [6, 6.07) is 2.45. The number of anilines is 1. The third-order valence-electron chi connectivity index (χ3n) is 4.79. The van der Waals surface area contributed by atoms with E-state index in [0.29, 0.717) is 30.7 Å². The standard InChI is InChI=1S/C21H30ClN5O5/c1-21(2,3)32-20(31)27(15-8-6-7-13(11-15)19(30)26(4)5)25-18(29)17(28)24-16-10-9-14(22)12-23-16/h9-10,12-13,15H,6-8,11H2,1-5H3,(H,25,29)(H,23,24,28)/t13-,15?/m0/s1. The van der Waals surface area contributed by atoms with Crippen molar-refractivity contribution in [2.45, 2.75) is 58.1 Å². The summed E-state index contributed by atoms with van der Waals surface area (Å²) in [6.45, 7) is 5.09. The first-order valence-corrected chi connectivity index (χ1v) is 10.7. The smallest absolute Gasteiger partial charge is 0.429 e. The Morgan fingerprint density at radius 1 is 1.12 bits per heavy atom. The summed E-state index contributed by atoms with van der Waals surface area (Å²) in [5.74, 6) is -2.28. The van der Waals surface area contributed by atoms with E-state index in [2.05, 4.69) is 15.7 Å². The minimum Gasteiger partial charge on any atom is -0.442 e. The number of ether oxygens (including phenoxy) is 1.